The van der Waals surface area contributed by atoms with Crippen molar-refractivity contribution in [3.05, 3.63) is 0 Å². The van der Waals surface area contributed by atoms with Crippen molar-refractivity contribution in [2.45, 2.75) is 64.6 Å². The summed E-state index contributed by atoms with van der Waals surface area (Å²) < 4.78 is 38.1. The minimum atomic E-state index is -4.10. The van der Waals surface area contributed by atoms with Crippen molar-refractivity contribution in [3.8, 4) is 0 Å². The van der Waals surface area contributed by atoms with Crippen molar-refractivity contribution in [1.29, 1.82) is 0 Å². The zero-order valence-corrected chi connectivity index (χ0v) is 13.3. The van der Waals surface area contributed by atoms with E-state index < -0.39 is 12.7 Å². The van der Waals surface area contributed by atoms with E-state index in [9.17, 15) is 13.2 Å². The average Bonchev–Trinajstić information content (AvgIpc) is 3.18. The van der Waals surface area contributed by atoms with Crippen LogP contribution >= 0.6 is 0 Å². The molecule has 2 nitrogen and oxygen atoms in total. The van der Waals surface area contributed by atoms with Crippen molar-refractivity contribution in [3.63, 3.8) is 0 Å². The molecule has 0 amide bonds. The summed E-state index contributed by atoms with van der Waals surface area (Å²) in [5.74, 6) is 0.629. The van der Waals surface area contributed by atoms with Gasteiger partial charge in [0, 0.05) is 19.1 Å². The van der Waals surface area contributed by atoms with Gasteiger partial charge in [0.25, 0.3) is 0 Å². The summed E-state index contributed by atoms with van der Waals surface area (Å²) in [5, 5.41) is 3.57. The SMILES string of the molecule is CCN(CC(F)(F)F)CC1(CNC2CC2)CCCC(C)C1. The topological polar surface area (TPSA) is 15.3 Å². The third-order valence-electron chi connectivity index (χ3n) is 4.94. The normalized spacial score (nSPS) is 30.9. The van der Waals surface area contributed by atoms with Gasteiger partial charge in [-0.25, -0.2) is 0 Å². The van der Waals surface area contributed by atoms with Crippen LogP contribution in [0.3, 0.4) is 0 Å². The third kappa shape index (κ3) is 5.78. The quantitative estimate of drug-likeness (QED) is 0.769. The fourth-order valence-corrected chi connectivity index (χ4v) is 3.78. The minimum absolute atomic E-state index is 0.0293. The summed E-state index contributed by atoms with van der Waals surface area (Å²) in [7, 11) is 0. The molecule has 124 valence electrons. The van der Waals surface area contributed by atoms with Gasteiger partial charge in [-0.1, -0.05) is 26.7 Å². The van der Waals surface area contributed by atoms with Gasteiger partial charge in [0.2, 0.25) is 0 Å². The van der Waals surface area contributed by atoms with E-state index in [4.69, 9.17) is 0 Å². The minimum Gasteiger partial charge on any atom is -0.313 e. The maximum Gasteiger partial charge on any atom is 0.401 e. The van der Waals surface area contributed by atoms with E-state index in [-0.39, 0.29) is 5.41 Å². The second-order valence-corrected chi connectivity index (χ2v) is 7.28. The first-order valence-corrected chi connectivity index (χ1v) is 8.34. The predicted octanol–water partition coefficient (Wildman–Crippen LogP) is 3.82. The van der Waals surface area contributed by atoms with Crippen molar-refractivity contribution in [2.75, 3.05) is 26.2 Å². The van der Waals surface area contributed by atoms with E-state index in [0.29, 0.717) is 25.0 Å². The van der Waals surface area contributed by atoms with Crippen LogP contribution in [0.1, 0.15) is 52.4 Å². The number of nitrogens with one attached hydrogen (secondary N) is 1. The molecule has 21 heavy (non-hydrogen) atoms. The molecule has 0 saturated heterocycles. The smallest absolute Gasteiger partial charge is 0.313 e. The largest absolute Gasteiger partial charge is 0.401 e. The summed E-state index contributed by atoms with van der Waals surface area (Å²) in [5.41, 5.74) is 0.0293. The molecule has 0 spiro atoms. The van der Waals surface area contributed by atoms with Gasteiger partial charge in [-0.15, -0.1) is 0 Å². The molecule has 2 aliphatic carbocycles. The number of hydrogen-bond donors (Lipinski definition) is 1. The summed E-state index contributed by atoms with van der Waals surface area (Å²) in [6.45, 7) is 5.23. The zero-order valence-electron chi connectivity index (χ0n) is 13.3. The summed E-state index contributed by atoms with van der Waals surface area (Å²) in [6.07, 6.45) is 2.85. The number of nitrogens with zero attached hydrogens (tertiary/aromatic N) is 1. The van der Waals surface area contributed by atoms with Gasteiger partial charge in [0.05, 0.1) is 6.54 Å². The first kappa shape index (κ1) is 17.1. The van der Waals surface area contributed by atoms with Crippen molar-refractivity contribution in [2.24, 2.45) is 11.3 Å². The maximum atomic E-state index is 12.7. The Morgan fingerprint density at radius 1 is 1.24 bits per heavy atom. The Hall–Kier alpha value is -0.290. The lowest BCUT2D eigenvalue weighted by molar-refractivity contribution is -0.149. The van der Waals surface area contributed by atoms with Gasteiger partial charge >= 0.3 is 6.18 Å². The maximum absolute atomic E-state index is 12.7. The molecule has 2 atom stereocenters. The van der Waals surface area contributed by atoms with Crippen LogP contribution in [0.2, 0.25) is 0 Å². The molecule has 0 heterocycles. The van der Waals surface area contributed by atoms with Crippen LogP contribution in [0.25, 0.3) is 0 Å². The lowest BCUT2D eigenvalue weighted by atomic mass is 9.69. The molecule has 0 bridgehead atoms. The second kappa shape index (κ2) is 6.86. The molecular formula is C16H29F3N2. The highest BCUT2D eigenvalue weighted by atomic mass is 19.4. The summed E-state index contributed by atoms with van der Waals surface area (Å²) in [4.78, 5) is 1.59. The monoisotopic (exact) mass is 306 g/mol. The molecule has 2 fully saturated rings. The van der Waals surface area contributed by atoms with E-state index in [1.165, 1.54) is 19.3 Å². The van der Waals surface area contributed by atoms with Crippen LogP contribution in [0, 0.1) is 11.3 Å². The predicted molar refractivity (Wildman–Crippen MR) is 79.3 cm³/mol. The number of halogens is 3. The number of alkyl halides is 3. The molecule has 0 aromatic carbocycles. The Bertz CT molecular complexity index is 328. The van der Waals surface area contributed by atoms with E-state index in [1.54, 1.807) is 4.90 Å². The van der Waals surface area contributed by atoms with E-state index >= 15 is 0 Å². The molecule has 2 rings (SSSR count). The molecule has 0 aromatic heterocycles. The Balaban J connectivity index is 1.98. The Morgan fingerprint density at radius 3 is 2.48 bits per heavy atom. The van der Waals surface area contributed by atoms with Crippen LogP contribution in [-0.4, -0.2) is 43.3 Å². The molecule has 0 aliphatic heterocycles. The van der Waals surface area contributed by atoms with Gasteiger partial charge in [0.1, 0.15) is 0 Å². The fraction of sp³-hybridized carbons (Fsp3) is 1.00. The van der Waals surface area contributed by atoms with Crippen molar-refractivity contribution in [1.82, 2.24) is 10.2 Å². The first-order valence-electron chi connectivity index (χ1n) is 8.34. The van der Waals surface area contributed by atoms with E-state index in [2.05, 4.69) is 12.2 Å². The number of rotatable bonds is 7. The lowest BCUT2D eigenvalue weighted by Gasteiger charge is -2.43. The highest BCUT2D eigenvalue weighted by molar-refractivity contribution is 4.93. The van der Waals surface area contributed by atoms with Crippen LogP contribution in [0.4, 0.5) is 13.2 Å². The zero-order chi connectivity index (χ0) is 15.5. The standard InChI is InChI=1S/C16H29F3N2/c1-3-21(12-16(17,18)19)11-15(10-20-14-6-7-14)8-4-5-13(2)9-15/h13-14,20H,3-12H2,1-2H3. The van der Waals surface area contributed by atoms with Gasteiger partial charge in [0.15, 0.2) is 0 Å². The van der Waals surface area contributed by atoms with Crippen molar-refractivity contribution < 1.29 is 13.2 Å². The Morgan fingerprint density at radius 2 is 1.95 bits per heavy atom. The average molecular weight is 306 g/mol. The molecule has 0 radical (unpaired) electrons. The highest BCUT2D eigenvalue weighted by Gasteiger charge is 2.39. The van der Waals surface area contributed by atoms with Gasteiger partial charge in [-0.2, -0.15) is 13.2 Å². The van der Waals surface area contributed by atoms with Gasteiger partial charge in [-0.3, -0.25) is 4.90 Å². The highest BCUT2D eigenvalue weighted by Crippen LogP contribution is 2.40. The van der Waals surface area contributed by atoms with Crippen LogP contribution in [0.5, 0.6) is 0 Å². The van der Waals surface area contributed by atoms with E-state index in [1.807, 2.05) is 6.92 Å². The lowest BCUT2D eigenvalue weighted by Crippen LogP contribution is -2.49. The van der Waals surface area contributed by atoms with Crippen LogP contribution in [-0.2, 0) is 0 Å². The Kier molecular flexibility index (Phi) is 5.58. The summed E-state index contributed by atoms with van der Waals surface area (Å²) >= 11 is 0. The molecule has 2 unspecified atom stereocenters. The first-order chi connectivity index (χ1) is 9.82. The van der Waals surface area contributed by atoms with Crippen LogP contribution < -0.4 is 5.32 Å². The molecular weight excluding hydrogens is 277 g/mol. The van der Waals surface area contributed by atoms with Gasteiger partial charge in [-0.05, 0) is 43.6 Å². The third-order valence-corrected chi connectivity index (χ3v) is 4.94. The van der Waals surface area contributed by atoms with Gasteiger partial charge < -0.3 is 5.32 Å². The molecule has 1 N–H and O–H groups in total. The molecule has 5 heteroatoms. The Labute approximate surface area is 126 Å². The van der Waals surface area contributed by atoms with Crippen LogP contribution in [0.15, 0.2) is 0 Å². The van der Waals surface area contributed by atoms with E-state index in [0.717, 1.165) is 25.8 Å². The van der Waals surface area contributed by atoms with Crippen molar-refractivity contribution >= 4 is 0 Å². The molecule has 2 aliphatic rings. The molecule has 2 saturated carbocycles. The number of hydrogen-bond acceptors (Lipinski definition) is 2. The summed E-state index contributed by atoms with van der Waals surface area (Å²) in [6, 6.07) is 0.622. The fourth-order valence-electron chi connectivity index (χ4n) is 3.78. The molecule has 0 aromatic rings. The second-order valence-electron chi connectivity index (χ2n) is 7.28.